The Labute approximate surface area is 138 Å². The van der Waals surface area contributed by atoms with Gasteiger partial charge in [0.15, 0.2) is 11.6 Å². The van der Waals surface area contributed by atoms with Gasteiger partial charge in [0, 0.05) is 12.1 Å². The van der Waals surface area contributed by atoms with Gasteiger partial charge < -0.3 is 9.47 Å². The van der Waals surface area contributed by atoms with Crippen LogP contribution in [0.4, 0.5) is 0 Å². The molecule has 1 saturated heterocycles. The first-order chi connectivity index (χ1) is 10.9. The van der Waals surface area contributed by atoms with E-state index in [1.54, 1.807) is 0 Å². The van der Waals surface area contributed by atoms with E-state index in [-0.39, 0.29) is 18.0 Å². The molecule has 4 heteroatoms. The fourth-order valence-electron chi connectivity index (χ4n) is 3.83. The number of carbonyl (C=O) groups is 1. The molecule has 1 aromatic rings. The molecule has 1 aromatic carbocycles. The molecule has 1 heterocycles. The second kappa shape index (κ2) is 6.71. The number of ether oxygens (including phenoxy) is 2. The van der Waals surface area contributed by atoms with Gasteiger partial charge >= 0.3 is 0 Å². The van der Waals surface area contributed by atoms with Crippen molar-refractivity contribution < 1.29 is 14.3 Å². The van der Waals surface area contributed by atoms with E-state index in [1.807, 2.05) is 51.2 Å². The molecule has 3 rings (SSSR count). The molecular weight excluding hydrogens is 290 g/mol. The Morgan fingerprint density at radius 1 is 1.17 bits per heavy atom. The highest BCUT2D eigenvalue weighted by molar-refractivity contribution is 5.97. The third-order valence-corrected chi connectivity index (χ3v) is 4.79. The molecule has 0 bridgehead atoms. The largest absolute Gasteiger partial charge is 0.345 e. The van der Waals surface area contributed by atoms with Crippen molar-refractivity contribution in [2.45, 2.75) is 51.1 Å². The number of hydrogen-bond donors (Lipinski definition) is 0. The molecule has 23 heavy (non-hydrogen) atoms. The summed E-state index contributed by atoms with van der Waals surface area (Å²) in [5.74, 6) is 0.310. The van der Waals surface area contributed by atoms with Crippen LogP contribution in [0, 0.1) is 5.92 Å². The van der Waals surface area contributed by atoms with Gasteiger partial charge in [-0.2, -0.15) is 0 Å². The minimum Gasteiger partial charge on any atom is -0.345 e. The molecule has 2 fully saturated rings. The number of rotatable bonds is 5. The highest BCUT2D eigenvalue weighted by Gasteiger charge is 2.44. The van der Waals surface area contributed by atoms with Gasteiger partial charge in [-0.25, -0.2) is 0 Å². The Hall–Kier alpha value is -1.23. The lowest BCUT2D eigenvalue weighted by molar-refractivity contribution is -0.145. The summed E-state index contributed by atoms with van der Waals surface area (Å²) in [6.45, 7) is 5.39. The topological polar surface area (TPSA) is 38.8 Å². The van der Waals surface area contributed by atoms with E-state index in [1.165, 1.54) is 0 Å². The van der Waals surface area contributed by atoms with Crippen molar-refractivity contribution in [2.75, 3.05) is 20.1 Å². The van der Waals surface area contributed by atoms with Crippen molar-refractivity contribution in [3.63, 3.8) is 0 Å². The van der Waals surface area contributed by atoms with Gasteiger partial charge in [-0.3, -0.25) is 9.69 Å². The van der Waals surface area contributed by atoms with Gasteiger partial charge in [0.05, 0.1) is 18.8 Å². The van der Waals surface area contributed by atoms with Crippen molar-refractivity contribution in [1.82, 2.24) is 4.90 Å². The predicted octanol–water partition coefficient (Wildman–Crippen LogP) is 3.12. The average Bonchev–Trinajstić information content (AvgIpc) is 2.81. The molecule has 1 aliphatic heterocycles. The fourth-order valence-corrected chi connectivity index (χ4v) is 3.83. The van der Waals surface area contributed by atoms with E-state index >= 15 is 0 Å². The quantitative estimate of drug-likeness (QED) is 0.782. The molecule has 126 valence electrons. The second-order valence-electron chi connectivity index (χ2n) is 7.38. The number of ketones is 1. The molecule has 1 unspecified atom stereocenters. The summed E-state index contributed by atoms with van der Waals surface area (Å²) < 4.78 is 11.9. The van der Waals surface area contributed by atoms with E-state index in [4.69, 9.17) is 9.47 Å². The molecular formula is C19H27NO3. The van der Waals surface area contributed by atoms with Gasteiger partial charge in [0.2, 0.25) is 0 Å². The van der Waals surface area contributed by atoms with Crippen molar-refractivity contribution in [1.29, 1.82) is 0 Å². The van der Waals surface area contributed by atoms with Gasteiger partial charge in [-0.15, -0.1) is 0 Å². The number of carbonyl (C=O) groups excluding carboxylic acids is 1. The third-order valence-electron chi connectivity index (χ3n) is 4.79. The lowest BCUT2D eigenvalue weighted by atomic mass is 9.85. The normalized spacial score (nSPS) is 29.5. The summed E-state index contributed by atoms with van der Waals surface area (Å²) in [6.07, 6.45) is 3.68. The first-order valence-corrected chi connectivity index (χ1v) is 8.55. The van der Waals surface area contributed by atoms with Crippen molar-refractivity contribution >= 4 is 5.78 Å². The molecule has 2 aliphatic rings. The van der Waals surface area contributed by atoms with Crippen molar-refractivity contribution in [3.8, 4) is 0 Å². The zero-order valence-electron chi connectivity index (χ0n) is 14.3. The highest BCUT2D eigenvalue weighted by Crippen LogP contribution is 2.38. The molecule has 1 saturated carbocycles. The summed E-state index contributed by atoms with van der Waals surface area (Å²) in [5, 5.41) is 0. The number of nitrogens with zero attached hydrogens (tertiary/aromatic N) is 1. The first-order valence-electron chi connectivity index (χ1n) is 8.55. The van der Waals surface area contributed by atoms with Crippen LogP contribution in [-0.4, -0.2) is 48.8 Å². The molecule has 0 amide bonds. The number of hydrogen-bond acceptors (Lipinski definition) is 4. The summed E-state index contributed by atoms with van der Waals surface area (Å²) >= 11 is 0. The molecule has 0 radical (unpaired) electrons. The highest BCUT2D eigenvalue weighted by atomic mass is 16.7. The Morgan fingerprint density at radius 3 is 2.61 bits per heavy atom. The van der Waals surface area contributed by atoms with Gasteiger partial charge in [-0.05, 0) is 46.1 Å². The molecule has 4 nitrogen and oxygen atoms in total. The maximum absolute atomic E-state index is 12.3. The van der Waals surface area contributed by atoms with Crippen LogP contribution in [-0.2, 0) is 9.47 Å². The van der Waals surface area contributed by atoms with Crippen molar-refractivity contribution in [3.05, 3.63) is 35.9 Å². The van der Waals surface area contributed by atoms with Gasteiger partial charge in [-0.1, -0.05) is 30.3 Å². The van der Waals surface area contributed by atoms with Crippen LogP contribution in [0.25, 0.3) is 0 Å². The number of fused-ring (bicyclic) bond motifs is 1. The number of likely N-dealkylation sites (N-methyl/N-ethyl adjacent to an activating group) is 1. The smallest absolute Gasteiger partial charge is 0.176 e. The van der Waals surface area contributed by atoms with Crippen LogP contribution in [0.1, 0.15) is 43.5 Å². The van der Waals surface area contributed by atoms with E-state index in [0.717, 1.165) is 31.4 Å². The SMILES string of the molecule is CN(CC(=O)c1ccccc1)CC1CC[C@@H]2OC(C)(C)O[C@@H]2C1. The molecule has 0 N–H and O–H groups in total. The van der Waals surface area contributed by atoms with Crippen LogP contribution in [0.2, 0.25) is 0 Å². The Bertz CT molecular complexity index is 543. The molecule has 0 aromatic heterocycles. The summed E-state index contributed by atoms with van der Waals surface area (Å²) in [7, 11) is 2.03. The van der Waals surface area contributed by atoms with Crippen LogP contribution >= 0.6 is 0 Å². The third kappa shape index (κ3) is 4.19. The van der Waals surface area contributed by atoms with Gasteiger partial charge in [0.25, 0.3) is 0 Å². The molecule has 3 atom stereocenters. The monoisotopic (exact) mass is 317 g/mol. The minimum atomic E-state index is -0.445. The molecule has 0 spiro atoms. The van der Waals surface area contributed by atoms with Crippen molar-refractivity contribution in [2.24, 2.45) is 5.92 Å². The Kier molecular flexibility index (Phi) is 4.85. The molecule has 1 aliphatic carbocycles. The van der Waals surface area contributed by atoms with Crippen LogP contribution in [0.15, 0.2) is 30.3 Å². The fraction of sp³-hybridized carbons (Fsp3) is 0.632. The lowest BCUT2D eigenvalue weighted by Crippen LogP contribution is -2.37. The van der Waals surface area contributed by atoms with E-state index < -0.39 is 5.79 Å². The zero-order valence-corrected chi connectivity index (χ0v) is 14.3. The summed E-state index contributed by atoms with van der Waals surface area (Å²) in [5.41, 5.74) is 0.789. The number of Topliss-reactive ketones (excluding diaryl/α,β-unsaturated/α-hetero) is 1. The standard InChI is InChI=1S/C19H27NO3/c1-19(2)22-17-10-9-14(11-18(17)23-19)12-20(3)13-16(21)15-7-5-4-6-8-15/h4-8,14,17-18H,9-13H2,1-3H3/t14?,17-,18+/m0/s1. The number of benzene rings is 1. The average molecular weight is 317 g/mol. The maximum atomic E-state index is 12.3. The predicted molar refractivity (Wildman–Crippen MR) is 89.4 cm³/mol. The van der Waals surface area contributed by atoms with Gasteiger partial charge in [0.1, 0.15) is 0 Å². The minimum absolute atomic E-state index is 0.184. The van der Waals surface area contributed by atoms with E-state index in [2.05, 4.69) is 4.90 Å². The van der Waals surface area contributed by atoms with E-state index in [0.29, 0.717) is 12.5 Å². The maximum Gasteiger partial charge on any atom is 0.176 e. The van der Waals surface area contributed by atoms with Crippen LogP contribution in [0.3, 0.4) is 0 Å². The van der Waals surface area contributed by atoms with Crippen LogP contribution in [0.5, 0.6) is 0 Å². The van der Waals surface area contributed by atoms with Crippen LogP contribution < -0.4 is 0 Å². The first kappa shape index (κ1) is 16.6. The second-order valence-corrected chi connectivity index (χ2v) is 7.38. The lowest BCUT2D eigenvalue weighted by Gasteiger charge is -2.31. The summed E-state index contributed by atoms with van der Waals surface area (Å²) in [4.78, 5) is 14.4. The van der Waals surface area contributed by atoms with E-state index in [9.17, 15) is 4.79 Å². The zero-order chi connectivity index (χ0) is 16.4. The summed E-state index contributed by atoms with van der Waals surface area (Å²) in [6, 6.07) is 9.52. The Morgan fingerprint density at radius 2 is 1.87 bits per heavy atom. The Balaban J connectivity index is 1.49.